The summed E-state index contributed by atoms with van der Waals surface area (Å²) in [5, 5.41) is 0. The molecule has 30 heavy (non-hydrogen) atoms. The van der Waals surface area contributed by atoms with E-state index in [1.54, 1.807) is 18.8 Å². The van der Waals surface area contributed by atoms with Gasteiger partial charge in [0.1, 0.15) is 4.88 Å². The number of para-hydroxylation sites is 1. The minimum Gasteiger partial charge on any atom is -0.493 e. The maximum atomic E-state index is 12.8. The highest BCUT2D eigenvalue weighted by molar-refractivity contribution is 7.11. The molecule has 1 heterocycles. The largest absolute Gasteiger partial charge is 0.493 e. The van der Waals surface area contributed by atoms with Crippen LogP contribution in [0, 0.1) is 0 Å². The summed E-state index contributed by atoms with van der Waals surface area (Å²) in [7, 11) is 4.44. The Hall–Kier alpha value is -3.39. The van der Waals surface area contributed by atoms with Crippen LogP contribution in [0.25, 0.3) is 0 Å². The van der Waals surface area contributed by atoms with E-state index in [1.807, 2.05) is 48.5 Å². The molecule has 3 aromatic rings. The van der Waals surface area contributed by atoms with E-state index in [9.17, 15) is 9.59 Å². The van der Waals surface area contributed by atoms with Crippen LogP contribution in [0.2, 0.25) is 0 Å². The molecule has 0 bridgehead atoms. The van der Waals surface area contributed by atoms with Gasteiger partial charge in [0.25, 0.3) is 5.56 Å². The Bertz CT molecular complexity index is 1150. The molecule has 8 heteroatoms. The van der Waals surface area contributed by atoms with Gasteiger partial charge >= 0.3 is 5.97 Å². The maximum absolute atomic E-state index is 12.8. The van der Waals surface area contributed by atoms with Gasteiger partial charge in [0, 0.05) is 12.6 Å². The molecule has 0 amide bonds. The van der Waals surface area contributed by atoms with Crippen molar-refractivity contribution in [3.63, 3.8) is 0 Å². The lowest BCUT2D eigenvalue weighted by molar-refractivity contribution is 0.0605. The van der Waals surface area contributed by atoms with Gasteiger partial charge in [0.15, 0.2) is 16.3 Å². The van der Waals surface area contributed by atoms with E-state index >= 15 is 0 Å². The number of hydrogen-bond acceptors (Lipinski definition) is 7. The highest BCUT2D eigenvalue weighted by Crippen LogP contribution is 2.27. The predicted octanol–water partition coefficient (Wildman–Crippen LogP) is 3.19. The van der Waals surface area contributed by atoms with Crippen molar-refractivity contribution < 1.29 is 19.0 Å². The second-order valence-electron chi connectivity index (χ2n) is 6.26. The Labute approximate surface area is 177 Å². The first-order valence-corrected chi connectivity index (χ1v) is 10.0. The zero-order valence-electron chi connectivity index (χ0n) is 17.0. The van der Waals surface area contributed by atoms with Gasteiger partial charge in [-0.1, -0.05) is 35.6 Å². The third-order valence-corrected chi connectivity index (χ3v) is 5.39. The van der Waals surface area contributed by atoms with Crippen molar-refractivity contribution in [2.24, 2.45) is 4.99 Å². The quantitative estimate of drug-likeness (QED) is 0.542. The summed E-state index contributed by atoms with van der Waals surface area (Å²) in [5.74, 6) is 0.705. The molecule has 0 saturated heterocycles. The summed E-state index contributed by atoms with van der Waals surface area (Å²) < 4.78 is 16.9. The average molecular weight is 426 g/mol. The zero-order valence-corrected chi connectivity index (χ0v) is 17.8. The fraction of sp³-hybridized carbons (Fsp3) is 0.227. The molecule has 0 fully saturated rings. The average Bonchev–Trinajstić information content (AvgIpc) is 2.78. The van der Waals surface area contributed by atoms with Gasteiger partial charge in [0.05, 0.1) is 27.0 Å². The third-order valence-electron chi connectivity index (χ3n) is 4.39. The van der Waals surface area contributed by atoms with E-state index in [4.69, 9.17) is 14.2 Å². The van der Waals surface area contributed by atoms with E-state index in [-0.39, 0.29) is 10.4 Å². The molecule has 0 spiro atoms. The first kappa shape index (κ1) is 21.3. The number of carbonyl (C=O) groups is 1. The lowest BCUT2D eigenvalue weighted by atomic mass is 10.1. The predicted molar refractivity (Wildman–Crippen MR) is 115 cm³/mol. The number of rotatable bonds is 7. The molecule has 156 valence electrons. The van der Waals surface area contributed by atoms with Gasteiger partial charge in [-0.05, 0) is 36.2 Å². The van der Waals surface area contributed by atoms with Crippen molar-refractivity contribution in [1.82, 2.24) is 4.57 Å². The summed E-state index contributed by atoms with van der Waals surface area (Å²) in [6, 6.07) is 16.2. The molecule has 0 aliphatic rings. The molecule has 0 saturated carbocycles. The van der Waals surface area contributed by atoms with E-state index in [0.29, 0.717) is 35.0 Å². The van der Waals surface area contributed by atoms with E-state index < -0.39 is 5.97 Å². The summed E-state index contributed by atoms with van der Waals surface area (Å²) in [5.41, 5.74) is 1.35. The summed E-state index contributed by atoms with van der Waals surface area (Å²) >= 11 is 1.12. The highest BCUT2D eigenvalue weighted by Gasteiger charge is 2.12. The van der Waals surface area contributed by atoms with Crippen LogP contribution in [0.3, 0.4) is 0 Å². The molecule has 3 rings (SSSR count). The summed E-state index contributed by atoms with van der Waals surface area (Å²) in [4.78, 5) is 30.0. The van der Waals surface area contributed by atoms with Crippen LogP contribution in [0.15, 0.2) is 64.4 Å². The maximum Gasteiger partial charge on any atom is 0.348 e. The van der Waals surface area contributed by atoms with Gasteiger partial charge in [-0.3, -0.25) is 9.36 Å². The van der Waals surface area contributed by atoms with Crippen LogP contribution >= 0.6 is 11.3 Å². The van der Waals surface area contributed by atoms with Crippen LogP contribution < -0.4 is 19.8 Å². The fourth-order valence-corrected chi connectivity index (χ4v) is 3.81. The Morgan fingerprint density at radius 3 is 2.40 bits per heavy atom. The Balaban J connectivity index is 2.00. The third kappa shape index (κ3) is 4.96. The van der Waals surface area contributed by atoms with Crippen molar-refractivity contribution in [1.29, 1.82) is 0 Å². The lowest BCUT2D eigenvalue weighted by Crippen LogP contribution is -2.33. The number of carbonyl (C=O) groups excluding carboxylic acids is 1. The topological polar surface area (TPSA) is 79.1 Å². The Morgan fingerprint density at radius 1 is 1.00 bits per heavy atom. The van der Waals surface area contributed by atoms with E-state index in [1.165, 1.54) is 13.2 Å². The minimum atomic E-state index is -0.561. The van der Waals surface area contributed by atoms with Crippen molar-refractivity contribution in [3.05, 3.63) is 80.2 Å². The van der Waals surface area contributed by atoms with Crippen LogP contribution in [0.5, 0.6) is 11.5 Å². The first-order valence-electron chi connectivity index (χ1n) is 9.19. The van der Waals surface area contributed by atoms with Gasteiger partial charge in [0.2, 0.25) is 0 Å². The van der Waals surface area contributed by atoms with Gasteiger partial charge in [-0.15, -0.1) is 0 Å². The van der Waals surface area contributed by atoms with Gasteiger partial charge in [-0.25, -0.2) is 9.79 Å². The molecule has 7 nitrogen and oxygen atoms in total. The van der Waals surface area contributed by atoms with E-state index in [0.717, 1.165) is 16.9 Å². The van der Waals surface area contributed by atoms with E-state index in [2.05, 4.69) is 4.99 Å². The summed E-state index contributed by atoms with van der Waals surface area (Å²) in [6.45, 7) is 0.387. The molecule has 1 aromatic heterocycles. The molecule has 0 radical (unpaired) electrons. The van der Waals surface area contributed by atoms with Crippen LogP contribution in [-0.4, -0.2) is 31.9 Å². The smallest absolute Gasteiger partial charge is 0.348 e. The standard InChI is InChI=1S/C22H22N2O5S/c1-27-17-10-9-15(13-18(17)28-2)11-12-24-20(25)14-19(21(26)29-3)30-22(24)23-16-7-5-4-6-8-16/h4-10,13-14H,11-12H2,1-3H3. The van der Waals surface area contributed by atoms with Crippen molar-refractivity contribution in [2.75, 3.05) is 21.3 Å². The molecular weight excluding hydrogens is 404 g/mol. The number of esters is 1. The van der Waals surface area contributed by atoms with Crippen LogP contribution in [-0.2, 0) is 17.7 Å². The second-order valence-corrected chi connectivity index (χ2v) is 7.27. The van der Waals surface area contributed by atoms with Gasteiger partial charge in [-0.2, -0.15) is 0 Å². The number of aromatic nitrogens is 1. The molecule has 0 atom stereocenters. The number of ether oxygens (including phenoxy) is 3. The van der Waals surface area contributed by atoms with Crippen LogP contribution in [0.4, 0.5) is 5.69 Å². The van der Waals surface area contributed by atoms with Crippen molar-refractivity contribution >= 4 is 23.0 Å². The summed E-state index contributed by atoms with van der Waals surface area (Å²) in [6.07, 6.45) is 0.571. The highest BCUT2D eigenvalue weighted by atomic mass is 32.1. The van der Waals surface area contributed by atoms with Crippen molar-refractivity contribution in [2.45, 2.75) is 13.0 Å². The molecular formula is C22H22N2O5S. The molecule has 0 aliphatic heterocycles. The molecule has 0 aliphatic carbocycles. The molecule has 0 unspecified atom stereocenters. The zero-order chi connectivity index (χ0) is 21.5. The first-order chi connectivity index (χ1) is 14.5. The fourth-order valence-electron chi connectivity index (χ4n) is 2.85. The monoisotopic (exact) mass is 426 g/mol. The van der Waals surface area contributed by atoms with Crippen molar-refractivity contribution in [3.8, 4) is 11.5 Å². The SMILES string of the molecule is COC(=O)c1cc(=O)n(CCc2ccc(OC)c(OC)c2)c(=Nc2ccccc2)s1. The number of hydrogen-bond donors (Lipinski definition) is 0. The lowest BCUT2D eigenvalue weighted by Gasteiger charge is -2.11. The number of benzene rings is 2. The number of aryl methyl sites for hydroxylation is 1. The second kappa shape index (κ2) is 9.89. The molecule has 0 N–H and O–H groups in total. The Morgan fingerprint density at radius 2 is 1.73 bits per heavy atom. The number of nitrogens with zero attached hydrogens (tertiary/aromatic N) is 2. The van der Waals surface area contributed by atoms with Gasteiger partial charge < -0.3 is 14.2 Å². The Kier molecular flexibility index (Phi) is 7.03. The normalized spacial score (nSPS) is 11.2. The molecule has 2 aromatic carbocycles. The minimum absolute atomic E-state index is 0.208. The van der Waals surface area contributed by atoms with Crippen LogP contribution in [0.1, 0.15) is 15.2 Å². The number of methoxy groups -OCH3 is 3.